The highest BCUT2D eigenvalue weighted by Gasteiger charge is 2.22. The smallest absolute Gasteiger partial charge is 0.143 e. The second-order valence-corrected chi connectivity index (χ2v) is 4.07. The lowest BCUT2D eigenvalue weighted by Gasteiger charge is -2.03. The molecule has 4 heteroatoms. The molecule has 1 aromatic heterocycles. The molecule has 1 aliphatic rings. The fraction of sp³-hybridized carbons (Fsp3) is 0.375. The summed E-state index contributed by atoms with van der Waals surface area (Å²) in [4.78, 5) is 4.10. The van der Waals surface area contributed by atoms with Crippen molar-refractivity contribution in [1.29, 1.82) is 0 Å². The predicted molar refractivity (Wildman–Crippen MR) is 50.2 cm³/mol. The zero-order valence-electron chi connectivity index (χ0n) is 6.22. The van der Waals surface area contributed by atoms with E-state index in [-0.39, 0.29) is 0 Å². The van der Waals surface area contributed by atoms with E-state index < -0.39 is 6.10 Å². The number of pyridine rings is 1. The highest BCUT2D eigenvalue weighted by atomic mass is 79.9. The Labute approximate surface area is 83.7 Å². The highest BCUT2D eigenvalue weighted by molar-refractivity contribution is 9.10. The first-order valence-electron chi connectivity index (χ1n) is 3.71. The predicted octanol–water partition coefficient (Wildman–Crippen LogP) is 2.48. The van der Waals surface area contributed by atoms with Gasteiger partial charge in [0.1, 0.15) is 5.15 Å². The molecule has 1 aromatic rings. The third-order valence-corrected chi connectivity index (χ3v) is 3.17. The largest absolute Gasteiger partial charge is 0.387 e. The average molecular weight is 249 g/mol. The molecule has 0 fully saturated rings. The van der Waals surface area contributed by atoms with E-state index >= 15 is 0 Å². The van der Waals surface area contributed by atoms with Crippen LogP contribution in [-0.2, 0) is 6.42 Å². The fourth-order valence-corrected chi connectivity index (χ4v) is 1.95. The van der Waals surface area contributed by atoms with Gasteiger partial charge in [-0.2, -0.15) is 0 Å². The van der Waals surface area contributed by atoms with Crippen LogP contribution in [0.1, 0.15) is 23.8 Å². The third kappa shape index (κ3) is 1.26. The molecule has 2 rings (SSSR count). The summed E-state index contributed by atoms with van der Waals surface area (Å²) in [6, 6.07) is 1.93. The van der Waals surface area contributed by atoms with E-state index in [9.17, 15) is 5.11 Å². The first-order chi connectivity index (χ1) is 5.68. The summed E-state index contributed by atoms with van der Waals surface area (Å²) in [6.07, 6.45) is 1.22. The number of aryl methyl sites for hydroxylation is 1. The molecule has 1 N–H and O–H groups in total. The van der Waals surface area contributed by atoms with Crippen LogP contribution in [0.15, 0.2) is 10.5 Å². The van der Waals surface area contributed by atoms with E-state index in [0.29, 0.717) is 5.15 Å². The van der Waals surface area contributed by atoms with Gasteiger partial charge in [0.05, 0.1) is 16.3 Å². The number of halogens is 2. The van der Waals surface area contributed by atoms with Gasteiger partial charge in [-0.15, -0.1) is 0 Å². The molecule has 0 radical (unpaired) electrons. The summed E-state index contributed by atoms with van der Waals surface area (Å²) in [6.45, 7) is 0. The van der Waals surface area contributed by atoms with Crippen LogP contribution in [0, 0.1) is 0 Å². The molecule has 0 saturated heterocycles. The van der Waals surface area contributed by atoms with Crippen molar-refractivity contribution in [3.05, 3.63) is 26.9 Å². The molecule has 64 valence electrons. The zero-order valence-corrected chi connectivity index (χ0v) is 8.56. The minimum Gasteiger partial charge on any atom is -0.387 e. The fourth-order valence-electron chi connectivity index (χ4n) is 1.44. The van der Waals surface area contributed by atoms with Crippen LogP contribution in [0.5, 0.6) is 0 Å². The summed E-state index contributed by atoms with van der Waals surface area (Å²) in [5.41, 5.74) is 1.84. The Hall–Kier alpha value is -0.120. The number of aliphatic hydroxyl groups is 1. The van der Waals surface area contributed by atoms with Crippen molar-refractivity contribution in [3.8, 4) is 0 Å². The van der Waals surface area contributed by atoms with Crippen LogP contribution in [0.4, 0.5) is 0 Å². The minimum atomic E-state index is -0.425. The SMILES string of the molecule is OC1CCc2cc(Br)c(Cl)nc21. The quantitative estimate of drug-likeness (QED) is 0.716. The van der Waals surface area contributed by atoms with Crippen LogP contribution in [0.2, 0.25) is 5.15 Å². The molecule has 1 unspecified atom stereocenters. The van der Waals surface area contributed by atoms with Crippen molar-refractivity contribution < 1.29 is 5.11 Å². The molecule has 0 amide bonds. The van der Waals surface area contributed by atoms with Gasteiger partial charge in [-0.3, -0.25) is 0 Å². The maximum absolute atomic E-state index is 9.46. The van der Waals surface area contributed by atoms with Crippen molar-refractivity contribution in [1.82, 2.24) is 4.98 Å². The van der Waals surface area contributed by atoms with Crippen LogP contribution < -0.4 is 0 Å². The van der Waals surface area contributed by atoms with Gasteiger partial charge in [0.25, 0.3) is 0 Å². The van der Waals surface area contributed by atoms with Crippen molar-refractivity contribution in [3.63, 3.8) is 0 Å². The lowest BCUT2D eigenvalue weighted by molar-refractivity contribution is 0.176. The van der Waals surface area contributed by atoms with Crippen molar-refractivity contribution in [2.45, 2.75) is 18.9 Å². The lowest BCUT2D eigenvalue weighted by Crippen LogP contribution is -1.95. The Morgan fingerprint density at radius 1 is 1.67 bits per heavy atom. The van der Waals surface area contributed by atoms with Crippen molar-refractivity contribution >= 4 is 27.5 Å². The van der Waals surface area contributed by atoms with E-state index in [2.05, 4.69) is 20.9 Å². The Balaban J connectivity index is 2.56. The zero-order chi connectivity index (χ0) is 8.72. The molecule has 1 aliphatic carbocycles. The number of hydrogen-bond donors (Lipinski definition) is 1. The van der Waals surface area contributed by atoms with Crippen LogP contribution >= 0.6 is 27.5 Å². The number of rotatable bonds is 0. The van der Waals surface area contributed by atoms with Gasteiger partial charge in [-0.25, -0.2) is 4.98 Å². The van der Waals surface area contributed by atoms with Gasteiger partial charge in [0.15, 0.2) is 0 Å². The molecule has 12 heavy (non-hydrogen) atoms. The van der Waals surface area contributed by atoms with Crippen LogP contribution in [0.25, 0.3) is 0 Å². The number of aromatic nitrogens is 1. The Morgan fingerprint density at radius 3 is 3.17 bits per heavy atom. The van der Waals surface area contributed by atoms with Gasteiger partial charge >= 0.3 is 0 Å². The van der Waals surface area contributed by atoms with Crippen molar-refractivity contribution in [2.75, 3.05) is 0 Å². The molecule has 0 spiro atoms. The Morgan fingerprint density at radius 2 is 2.42 bits per heavy atom. The number of aliphatic hydroxyl groups excluding tert-OH is 1. The monoisotopic (exact) mass is 247 g/mol. The van der Waals surface area contributed by atoms with Crippen LogP contribution in [0.3, 0.4) is 0 Å². The summed E-state index contributed by atoms with van der Waals surface area (Å²) in [5.74, 6) is 0. The van der Waals surface area contributed by atoms with E-state index in [4.69, 9.17) is 11.6 Å². The summed E-state index contributed by atoms with van der Waals surface area (Å²) < 4.78 is 0.803. The van der Waals surface area contributed by atoms with Gasteiger partial charge < -0.3 is 5.11 Å². The molecule has 1 atom stereocenters. The van der Waals surface area contributed by atoms with Gasteiger partial charge in [0.2, 0.25) is 0 Å². The van der Waals surface area contributed by atoms with E-state index in [1.165, 1.54) is 0 Å². The maximum atomic E-state index is 9.46. The normalized spacial score (nSPS) is 21.1. The Kier molecular flexibility index (Phi) is 2.10. The minimum absolute atomic E-state index is 0.425. The summed E-state index contributed by atoms with van der Waals surface area (Å²) >= 11 is 9.08. The maximum Gasteiger partial charge on any atom is 0.143 e. The van der Waals surface area contributed by atoms with Gasteiger partial charge in [-0.05, 0) is 40.4 Å². The molecule has 2 nitrogen and oxygen atoms in total. The second kappa shape index (κ2) is 2.98. The number of hydrogen-bond acceptors (Lipinski definition) is 2. The number of nitrogens with zero attached hydrogens (tertiary/aromatic N) is 1. The number of fused-ring (bicyclic) bond motifs is 1. The third-order valence-electron chi connectivity index (χ3n) is 2.05. The summed E-state index contributed by atoms with van der Waals surface area (Å²) in [7, 11) is 0. The summed E-state index contributed by atoms with van der Waals surface area (Å²) in [5, 5.41) is 9.89. The molecule has 1 heterocycles. The van der Waals surface area contributed by atoms with E-state index in [1.807, 2.05) is 6.07 Å². The first kappa shape index (κ1) is 8.48. The van der Waals surface area contributed by atoms with Gasteiger partial charge in [0, 0.05) is 0 Å². The lowest BCUT2D eigenvalue weighted by atomic mass is 10.2. The molecular weight excluding hydrogens is 241 g/mol. The topological polar surface area (TPSA) is 33.1 Å². The molecular formula is C8H7BrClNO. The molecule has 0 aliphatic heterocycles. The Bertz CT molecular complexity index is 329. The van der Waals surface area contributed by atoms with E-state index in [1.54, 1.807) is 0 Å². The molecule has 0 bridgehead atoms. The standard InChI is InChI=1S/C8H7BrClNO/c9-5-3-4-1-2-6(12)7(4)11-8(5)10/h3,6,12H,1-2H2. The van der Waals surface area contributed by atoms with Crippen molar-refractivity contribution in [2.24, 2.45) is 0 Å². The molecule has 0 aromatic carbocycles. The van der Waals surface area contributed by atoms with E-state index in [0.717, 1.165) is 28.6 Å². The van der Waals surface area contributed by atoms with Gasteiger partial charge in [-0.1, -0.05) is 11.6 Å². The highest BCUT2D eigenvalue weighted by Crippen LogP contribution is 2.33. The average Bonchev–Trinajstić information content (AvgIpc) is 2.35. The second-order valence-electron chi connectivity index (χ2n) is 2.86. The molecule has 0 saturated carbocycles. The van der Waals surface area contributed by atoms with Crippen LogP contribution in [-0.4, -0.2) is 10.1 Å². The first-order valence-corrected chi connectivity index (χ1v) is 4.88.